The molecule has 4 aliphatic rings. The van der Waals surface area contributed by atoms with Gasteiger partial charge < -0.3 is 14.4 Å². The zero-order valence-electron chi connectivity index (χ0n) is 35.3. The van der Waals surface area contributed by atoms with E-state index in [1.165, 1.54) is 44.5 Å². The van der Waals surface area contributed by atoms with Crippen LogP contribution in [0.25, 0.3) is 33.4 Å². The van der Waals surface area contributed by atoms with E-state index < -0.39 is 10.8 Å². The van der Waals surface area contributed by atoms with Crippen LogP contribution in [0.15, 0.2) is 237 Å². The second kappa shape index (κ2) is 13.6. The minimum atomic E-state index is -0.634. The largest absolute Gasteiger partial charge is 0.457 e. The van der Waals surface area contributed by atoms with Crippen LogP contribution in [0.4, 0.5) is 17.1 Å². The van der Waals surface area contributed by atoms with Crippen LogP contribution in [0.1, 0.15) is 44.5 Å². The fraction of sp³-hybridized carbons (Fsp3) is 0.0323. The van der Waals surface area contributed by atoms with Crippen LogP contribution < -0.4 is 14.4 Å². The van der Waals surface area contributed by atoms with E-state index in [4.69, 9.17) is 9.47 Å². The van der Waals surface area contributed by atoms with Gasteiger partial charge in [0, 0.05) is 33.4 Å². The molecule has 2 aliphatic carbocycles. The first kappa shape index (κ1) is 36.1. The van der Waals surface area contributed by atoms with Gasteiger partial charge in [-0.05, 0) is 80.9 Å². The van der Waals surface area contributed by atoms with E-state index >= 15 is 0 Å². The van der Waals surface area contributed by atoms with Gasteiger partial charge in [0.25, 0.3) is 0 Å². The number of rotatable bonds is 4. The molecule has 0 fully saturated rings. The zero-order chi connectivity index (χ0) is 42.7. The van der Waals surface area contributed by atoms with Crippen molar-refractivity contribution < 1.29 is 9.47 Å². The van der Waals surface area contributed by atoms with Crippen molar-refractivity contribution in [1.29, 1.82) is 0 Å². The smallest absolute Gasteiger partial charge is 0.156 e. The second-order valence-corrected chi connectivity index (χ2v) is 17.4. The predicted octanol–water partition coefficient (Wildman–Crippen LogP) is 15.8. The maximum absolute atomic E-state index is 7.43. The number of nitrogens with zero attached hydrogens (tertiary/aromatic N) is 1. The number of hydrogen-bond acceptors (Lipinski definition) is 3. The van der Waals surface area contributed by atoms with Gasteiger partial charge in [0.15, 0.2) is 5.75 Å². The molecule has 0 N–H and O–H groups in total. The minimum Gasteiger partial charge on any atom is -0.457 e. The molecule has 2 aliphatic heterocycles. The summed E-state index contributed by atoms with van der Waals surface area (Å²) in [5.74, 6) is 3.43. The number of hydrogen-bond donors (Lipinski definition) is 0. The molecular formula is C62H39NO2. The van der Waals surface area contributed by atoms with Crippen molar-refractivity contribution in [2.24, 2.45) is 0 Å². The lowest BCUT2D eigenvalue weighted by Gasteiger charge is -2.41. The molecule has 2 spiro atoms. The van der Waals surface area contributed by atoms with Crippen molar-refractivity contribution in [2.45, 2.75) is 10.8 Å². The Kier molecular flexibility index (Phi) is 7.53. The third kappa shape index (κ3) is 4.69. The quantitative estimate of drug-likeness (QED) is 0.176. The second-order valence-electron chi connectivity index (χ2n) is 17.4. The molecule has 14 rings (SSSR count). The summed E-state index contributed by atoms with van der Waals surface area (Å²) in [5, 5.41) is 0. The third-order valence-corrected chi connectivity index (χ3v) is 14.4. The van der Waals surface area contributed by atoms with Crippen LogP contribution in [0.5, 0.6) is 23.0 Å². The van der Waals surface area contributed by atoms with E-state index in [9.17, 15) is 0 Å². The maximum atomic E-state index is 7.43. The lowest BCUT2D eigenvalue weighted by atomic mass is 9.66. The van der Waals surface area contributed by atoms with E-state index in [0.29, 0.717) is 0 Å². The number of fused-ring (bicyclic) bond motifs is 18. The van der Waals surface area contributed by atoms with Crippen LogP contribution in [-0.4, -0.2) is 0 Å². The van der Waals surface area contributed by atoms with Crippen LogP contribution in [-0.2, 0) is 10.8 Å². The lowest BCUT2D eigenvalue weighted by molar-refractivity contribution is 0.436. The molecule has 2 heterocycles. The third-order valence-electron chi connectivity index (χ3n) is 14.4. The fourth-order valence-corrected chi connectivity index (χ4v) is 12.0. The van der Waals surface area contributed by atoms with Crippen LogP contribution in [0.3, 0.4) is 0 Å². The van der Waals surface area contributed by atoms with Crippen LogP contribution in [0, 0.1) is 0 Å². The SMILES string of the molecule is c1ccc(-c2ccccc2N(c2cccc3c2Oc2ccccc2C32c3ccccc3-c3ccccc32)c2cccc3c2-c2ccccc2C32c3ccccc3Oc3ccccc32)cc1. The van der Waals surface area contributed by atoms with Gasteiger partial charge in [-0.3, -0.25) is 0 Å². The molecule has 65 heavy (non-hydrogen) atoms. The van der Waals surface area contributed by atoms with Crippen molar-refractivity contribution in [2.75, 3.05) is 4.90 Å². The van der Waals surface area contributed by atoms with E-state index in [0.717, 1.165) is 73.4 Å². The molecule has 10 aromatic rings. The fourth-order valence-electron chi connectivity index (χ4n) is 12.0. The highest BCUT2D eigenvalue weighted by atomic mass is 16.5. The Balaban J connectivity index is 1.11. The van der Waals surface area contributed by atoms with Gasteiger partial charge in [0.05, 0.1) is 27.9 Å². The molecule has 10 aromatic carbocycles. The van der Waals surface area contributed by atoms with Gasteiger partial charge in [0.2, 0.25) is 0 Å². The predicted molar refractivity (Wildman–Crippen MR) is 261 cm³/mol. The lowest BCUT2D eigenvalue weighted by Crippen LogP contribution is -2.33. The zero-order valence-corrected chi connectivity index (χ0v) is 35.3. The Hall–Kier alpha value is -8.40. The molecule has 0 aromatic heterocycles. The topological polar surface area (TPSA) is 21.7 Å². The van der Waals surface area contributed by atoms with Crippen molar-refractivity contribution in [3.8, 4) is 56.4 Å². The van der Waals surface area contributed by atoms with Crippen molar-refractivity contribution >= 4 is 17.1 Å². The van der Waals surface area contributed by atoms with Gasteiger partial charge in [-0.15, -0.1) is 0 Å². The Labute approximate surface area is 378 Å². The van der Waals surface area contributed by atoms with E-state index in [1.54, 1.807) is 0 Å². The standard InChI is InChI=1S/C62H39NO2/c1-2-20-40(21-3-1)41-22-7-14-34-53(41)63(54-35-18-32-51-59(54)44-25-6-10-28-47(44)62(51)48-29-11-15-37-56(48)64-57-38-16-12-30-49(57)62)55-36-19-33-52-60(55)65-58-39-17-13-31-50(58)61(52)45-26-8-4-23-42(45)43-24-5-9-27-46(43)61/h1-39H. The number of benzene rings is 10. The number of anilines is 3. The summed E-state index contributed by atoms with van der Waals surface area (Å²) >= 11 is 0. The number of para-hydroxylation sites is 5. The molecule has 0 radical (unpaired) electrons. The van der Waals surface area contributed by atoms with Crippen LogP contribution >= 0.6 is 0 Å². The Morgan fingerprint density at radius 1 is 0.262 bits per heavy atom. The molecule has 0 saturated heterocycles. The van der Waals surface area contributed by atoms with Gasteiger partial charge >= 0.3 is 0 Å². The van der Waals surface area contributed by atoms with E-state index in [1.807, 2.05) is 0 Å². The van der Waals surface area contributed by atoms with Crippen molar-refractivity contribution in [3.05, 3.63) is 281 Å². The van der Waals surface area contributed by atoms with Gasteiger partial charge in [-0.1, -0.05) is 200 Å². The van der Waals surface area contributed by atoms with Crippen molar-refractivity contribution in [1.82, 2.24) is 0 Å². The molecule has 0 atom stereocenters. The maximum Gasteiger partial charge on any atom is 0.156 e. The van der Waals surface area contributed by atoms with Gasteiger partial charge in [0.1, 0.15) is 17.2 Å². The van der Waals surface area contributed by atoms with Gasteiger partial charge in [-0.25, -0.2) is 0 Å². The minimum absolute atomic E-state index is 0.622. The normalized spacial score (nSPS) is 14.3. The summed E-state index contributed by atoms with van der Waals surface area (Å²) < 4.78 is 14.2. The van der Waals surface area contributed by atoms with Crippen LogP contribution in [0.2, 0.25) is 0 Å². The van der Waals surface area contributed by atoms with Crippen molar-refractivity contribution in [3.63, 3.8) is 0 Å². The molecule has 3 heteroatoms. The first-order valence-corrected chi connectivity index (χ1v) is 22.4. The number of ether oxygens (including phenoxy) is 2. The highest BCUT2D eigenvalue weighted by Gasteiger charge is 2.54. The molecule has 0 saturated carbocycles. The first-order chi connectivity index (χ1) is 32.3. The van der Waals surface area contributed by atoms with E-state index in [2.05, 4.69) is 241 Å². The molecule has 0 bridgehead atoms. The molecule has 304 valence electrons. The van der Waals surface area contributed by atoms with E-state index in [-0.39, 0.29) is 0 Å². The van der Waals surface area contributed by atoms with Gasteiger partial charge in [-0.2, -0.15) is 0 Å². The molecular weight excluding hydrogens is 791 g/mol. The highest BCUT2D eigenvalue weighted by Crippen LogP contribution is 2.67. The summed E-state index contributed by atoms with van der Waals surface area (Å²) in [5.41, 5.74) is 18.5. The Bertz CT molecular complexity index is 3500. The summed E-state index contributed by atoms with van der Waals surface area (Å²) in [7, 11) is 0. The Morgan fingerprint density at radius 2 is 0.662 bits per heavy atom. The summed E-state index contributed by atoms with van der Waals surface area (Å²) in [4.78, 5) is 2.49. The average molecular weight is 830 g/mol. The summed E-state index contributed by atoms with van der Waals surface area (Å²) in [6, 6.07) is 86.0. The summed E-state index contributed by atoms with van der Waals surface area (Å²) in [6.45, 7) is 0. The highest BCUT2D eigenvalue weighted by molar-refractivity contribution is 6.02. The first-order valence-electron chi connectivity index (χ1n) is 22.4. The Morgan fingerprint density at radius 3 is 1.28 bits per heavy atom. The molecule has 0 amide bonds. The molecule has 0 unspecified atom stereocenters. The summed E-state index contributed by atoms with van der Waals surface area (Å²) in [6.07, 6.45) is 0. The monoisotopic (exact) mass is 829 g/mol. The molecule has 3 nitrogen and oxygen atoms in total. The average Bonchev–Trinajstić information content (AvgIpc) is 3.84.